The number of sulfonamides is 1. The average Bonchev–Trinajstić information content (AvgIpc) is 3.53. The van der Waals surface area contributed by atoms with E-state index in [1.807, 2.05) is 18.2 Å². The van der Waals surface area contributed by atoms with Crippen molar-refractivity contribution in [2.24, 2.45) is 0 Å². The van der Waals surface area contributed by atoms with Crippen molar-refractivity contribution >= 4 is 60.4 Å². The molecule has 2 saturated heterocycles. The van der Waals surface area contributed by atoms with Gasteiger partial charge in [0.1, 0.15) is 9.77 Å². The fourth-order valence-electron chi connectivity index (χ4n) is 4.29. The molecule has 1 amide bonds. The molecule has 0 bridgehead atoms. The second kappa shape index (κ2) is 8.44. The van der Waals surface area contributed by atoms with Crippen molar-refractivity contribution in [2.75, 3.05) is 26.2 Å². The predicted octanol–water partition coefficient (Wildman–Crippen LogP) is 4.82. The SMILES string of the molecule is O=C(c1sccc1S(=O)(=O)N1CCCC1)N1CCC(c2nc3cc(Cl)ccc3s2)CC1. The summed E-state index contributed by atoms with van der Waals surface area (Å²) in [6, 6.07) is 7.33. The number of hydrogen-bond acceptors (Lipinski definition) is 6. The van der Waals surface area contributed by atoms with Crippen molar-refractivity contribution in [1.82, 2.24) is 14.2 Å². The Morgan fingerprint density at radius 1 is 1.10 bits per heavy atom. The number of likely N-dealkylation sites (tertiary alicyclic amines) is 1. The van der Waals surface area contributed by atoms with E-state index in [9.17, 15) is 13.2 Å². The zero-order chi connectivity index (χ0) is 21.6. The fraction of sp³-hybridized carbons (Fsp3) is 0.429. The third kappa shape index (κ3) is 4.02. The molecule has 2 fully saturated rings. The largest absolute Gasteiger partial charge is 0.338 e. The Balaban J connectivity index is 1.30. The number of amides is 1. The van der Waals surface area contributed by atoms with E-state index < -0.39 is 10.0 Å². The number of aromatic nitrogens is 1. The first-order valence-corrected chi connectivity index (χ1v) is 13.9. The lowest BCUT2D eigenvalue weighted by Crippen LogP contribution is -2.38. The number of piperidine rings is 1. The van der Waals surface area contributed by atoms with Crippen LogP contribution in [0.5, 0.6) is 0 Å². The lowest BCUT2D eigenvalue weighted by molar-refractivity contribution is 0.0714. The molecular formula is C21H22ClN3O3S3. The van der Waals surface area contributed by atoms with Gasteiger partial charge < -0.3 is 4.90 Å². The molecular weight excluding hydrogens is 474 g/mol. The van der Waals surface area contributed by atoms with Crippen molar-refractivity contribution in [3.63, 3.8) is 0 Å². The lowest BCUT2D eigenvalue weighted by atomic mass is 9.97. The Morgan fingerprint density at radius 3 is 2.58 bits per heavy atom. The van der Waals surface area contributed by atoms with Crippen LogP contribution in [0.25, 0.3) is 10.2 Å². The number of rotatable bonds is 4. The molecule has 0 aliphatic carbocycles. The van der Waals surface area contributed by atoms with Crippen LogP contribution in [-0.2, 0) is 10.0 Å². The van der Waals surface area contributed by atoms with E-state index in [0.29, 0.717) is 42.0 Å². The summed E-state index contributed by atoms with van der Waals surface area (Å²) in [6.45, 7) is 2.26. The van der Waals surface area contributed by atoms with Crippen LogP contribution in [-0.4, -0.2) is 54.7 Å². The minimum Gasteiger partial charge on any atom is -0.338 e. The van der Waals surface area contributed by atoms with Crippen molar-refractivity contribution in [2.45, 2.75) is 36.5 Å². The highest BCUT2D eigenvalue weighted by Crippen LogP contribution is 2.36. The summed E-state index contributed by atoms with van der Waals surface area (Å²) in [4.78, 5) is 20.2. The van der Waals surface area contributed by atoms with Crippen molar-refractivity contribution in [1.29, 1.82) is 0 Å². The number of halogens is 1. The van der Waals surface area contributed by atoms with Crippen LogP contribution in [0.15, 0.2) is 34.5 Å². The molecule has 5 rings (SSSR count). The normalized spacial score (nSPS) is 18.8. The standard InChI is InChI=1S/C21H22ClN3O3S3/c22-15-3-4-17-16(13-15)23-20(30-17)14-5-10-24(11-6-14)21(26)19-18(7-12-29-19)31(27,28)25-8-1-2-9-25/h3-4,7,12-14H,1-2,5-6,8-11H2. The van der Waals surface area contributed by atoms with E-state index in [1.165, 1.54) is 15.6 Å². The van der Waals surface area contributed by atoms with Gasteiger partial charge in [0.25, 0.3) is 5.91 Å². The number of hydrogen-bond donors (Lipinski definition) is 0. The summed E-state index contributed by atoms with van der Waals surface area (Å²) in [6.07, 6.45) is 3.38. The van der Waals surface area contributed by atoms with Gasteiger partial charge in [0, 0.05) is 37.1 Å². The van der Waals surface area contributed by atoms with Gasteiger partial charge in [-0.05, 0) is 55.3 Å². The molecule has 164 valence electrons. The van der Waals surface area contributed by atoms with Gasteiger partial charge in [-0.3, -0.25) is 4.79 Å². The zero-order valence-corrected chi connectivity index (χ0v) is 20.0. The minimum absolute atomic E-state index is 0.162. The van der Waals surface area contributed by atoms with Gasteiger partial charge in [-0.1, -0.05) is 11.6 Å². The second-order valence-corrected chi connectivity index (χ2v) is 12.3. The van der Waals surface area contributed by atoms with Crippen LogP contribution in [0.3, 0.4) is 0 Å². The van der Waals surface area contributed by atoms with E-state index in [4.69, 9.17) is 16.6 Å². The Labute approximate surface area is 194 Å². The molecule has 10 heteroatoms. The smallest absolute Gasteiger partial charge is 0.265 e. The zero-order valence-electron chi connectivity index (χ0n) is 16.8. The molecule has 0 N–H and O–H groups in total. The predicted molar refractivity (Wildman–Crippen MR) is 125 cm³/mol. The van der Waals surface area contributed by atoms with Crippen LogP contribution in [0.2, 0.25) is 5.02 Å². The summed E-state index contributed by atoms with van der Waals surface area (Å²) in [5.41, 5.74) is 0.918. The number of carbonyl (C=O) groups is 1. The van der Waals surface area contributed by atoms with Crippen LogP contribution in [0.4, 0.5) is 0 Å². The Bertz CT molecular complexity index is 1220. The molecule has 1 aromatic carbocycles. The molecule has 2 aromatic heterocycles. The van der Waals surface area contributed by atoms with Gasteiger partial charge >= 0.3 is 0 Å². The van der Waals surface area contributed by atoms with E-state index >= 15 is 0 Å². The van der Waals surface area contributed by atoms with Crippen LogP contribution < -0.4 is 0 Å². The van der Waals surface area contributed by atoms with Gasteiger partial charge in [-0.15, -0.1) is 22.7 Å². The Morgan fingerprint density at radius 2 is 1.84 bits per heavy atom. The maximum Gasteiger partial charge on any atom is 0.265 e. The molecule has 2 aliphatic heterocycles. The van der Waals surface area contributed by atoms with Gasteiger partial charge in [-0.25, -0.2) is 13.4 Å². The lowest BCUT2D eigenvalue weighted by Gasteiger charge is -2.31. The van der Waals surface area contributed by atoms with Crippen molar-refractivity contribution in [3.05, 3.63) is 44.6 Å². The van der Waals surface area contributed by atoms with Gasteiger partial charge in [0.15, 0.2) is 0 Å². The van der Waals surface area contributed by atoms with E-state index in [2.05, 4.69) is 0 Å². The molecule has 0 atom stereocenters. The first kappa shape index (κ1) is 21.3. The van der Waals surface area contributed by atoms with Crippen LogP contribution in [0, 0.1) is 0 Å². The molecule has 0 saturated carbocycles. The quantitative estimate of drug-likeness (QED) is 0.520. The highest BCUT2D eigenvalue weighted by Gasteiger charge is 2.34. The first-order valence-electron chi connectivity index (χ1n) is 10.4. The average molecular weight is 496 g/mol. The van der Waals surface area contributed by atoms with E-state index in [1.54, 1.807) is 27.7 Å². The summed E-state index contributed by atoms with van der Waals surface area (Å²) < 4.78 is 28.6. The third-order valence-electron chi connectivity index (χ3n) is 6.00. The summed E-state index contributed by atoms with van der Waals surface area (Å²) in [5, 5.41) is 3.47. The Hall–Kier alpha value is -1.52. The number of benzene rings is 1. The summed E-state index contributed by atoms with van der Waals surface area (Å²) in [5.74, 6) is 0.124. The first-order chi connectivity index (χ1) is 14.9. The van der Waals surface area contributed by atoms with E-state index in [0.717, 1.165) is 40.9 Å². The maximum atomic E-state index is 13.2. The number of fused-ring (bicyclic) bond motifs is 1. The fourth-order valence-corrected chi connectivity index (χ4v) is 8.45. The summed E-state index contributed by atoms with van der Waals surface area (Å²) in [7, 11) is -3.60. The monoisotopic (exact) mass is 495 g/mol. The Kier molecular flexibility index (Phi) is 5.81. The molecule has 4 heterocycles. The molecule has 0 spiro atoms. The van der Waals surface area contributed by atoms with E-state index in [-0.39, 0.29) is 10.8 Å². The maximum absolute atomic E-state index is 13.2. The topological polar surface area (TPSA) is 70.6 Å². The van der Waals surface area contributed by atoms with Gasteiger partial charge in [-0.2, -0.15) is 4.31 Å². The molecule has 2 aliphatic rings. The molecule has 0 radical (unpaired) electrons. The molecule has 0 unspecified atom stereocenters. The highest BCUT2D eigenvalue weighted by molar-refractivity contribution is 7.89. The molecule has 3 aromatic rings. The van der Waals surface area contributed by atoms with Gasteiger partial charge in [0.05, 0.1) is 15.2 Å². The number of thiophene rings is 1. The van der Waals surface area contributed by atoms with Gasteiger partial charge in [0.2, 0.25) is 10.0 Å². The number of carbonyl (C=O) groups excluding carboxylic acids is 1. The second-order valence-electron chi connectivity index (χ2n) is 7.96. The number of nitrogens with zero attached hydrogens (tertiary/aromatic N) is 3. The molecule has 31 heavy (non-hydrogen) atoms. The minimum atomic E-state index is -3.60. The third-order valence-corrected chi connectivity index (χ3v) is 10.4. The van der Waals surface area contributed by atoms with Crippen LogP contribution >= 0.6 is 34.3 Å². The van der Waals surface area contributed by atoms with Crippen molar-refractivity contribution in [3.8, 4) is 0 Å². The van der Waals surface area contributed by atoms with Crippen molar-refractivity contribution < 1.29 is 13.2 Å². The number of thiazole rings is 1. The molecule has 6 nitrogen and oxygen atoms in total. The van der Waals surface area contributed by atoms with Crippen LogP contribution in [0.1, 0.15) is 46.3 Å². The highest BCUT2D eigenvalue weighted by atomic mass is 35.5. The summed E-state index contributed by atoms with van der Waals surface area (Å²) >= 11 is 8.98.